The van der Waals surface area contributed by atoms with Gasteiger partial charge in [-0.15, -0.1) is 0 Å². The summed E-state index contributed by atoms with van der Waals surface area (Å²) in [4.78, 5) is 14.4. The van der Waals surface area contributed by atoms with E-state index in [1.165, 1.54) is 0 Å². The highest BCUT2D eigenvalue weighted by Gasteiger charge is 2.23. The van der Waals surface area contributed by atoms with Crippen LogP contribution in [0.25, 0.3) is 0 Å². The molecule has 130 valence electrons. The number of nitrogens with one attached hydrogen (secondary N) is 1. The van der Waals surface area contributed by atoms with Gasteiger partial charge in [0, 0.05) is 37.6 Å². The van der Waals surface area contributed by atoms with Gasteiger partial charge in [-0.3, -0.25) is 14.4 Å². The van der Waals surface area contributed by atoms with Crippen LogP contribution in [0.1, 0.15) is 19.9 Å². The molecule has 2 aromatic heterocycles. The van der Waals surface area contributed by atoms with Crippen molar-refractivity contribution in [2.45, 2.75) is 32.5 Å². The van der Waals surface area contributed by atoms with Crippen LogP contribution in [0.4, 0.5) is 5.82 Å². The summed E-state index contributed by atoms with van der Waals surface area (Å²) in [5.41, 5.74) is 0. The maximum absolute atomic E-state index is 12.3. The molecule has 0 bridgehead atoms. The number of carbonyl (C=O) groups is 1. The highest BCUT2D eigenvalue weighted by atomic mass is 16.5. The summed E-state index contributed by atoms with van der Waals surface area (Å²) >= 11 is 0. The van der Waals surface area contributed by atoms with Crippen molar-refractivity contribution in [3.8, 4) is 0 Å². The molecule has 3 rings (SSSR count). The fourth-order valence-corrected chi connectivity index (χ4v) is 2.86. The van der Waals surface area contributed by atoms with Gasteiger partial charge >= 0.3 is 0 Å². The Balaban J connectivity index is 1.51. The normalized spacial score (nSPS) is 18.9. The van der Waals surface area contributed by atoms with E-state index in [-0.39, 0.29) is 18.1 Å². The summed E-state index contributed by atoms with van der Waals surface area (Å²) in [5, 5.41) is 11.4. The number of hydrogen-bond donors (Lipinski definition) is 1. The molecule has 1 saturated heterocycles. The third-order valence-electron chi connectivity index (χ3n) is 3.97. The van der Waals surface area contributed by atoms with Gasteiger partial charge < -0.3 is 10.1 Å². The zero-order chi connectivity index (χ0) is 16.9. The van der Waals surface area contributed by atoms with Gasteiger partial charge in [0.2, 0.25) is 5.91 Å². The quantitative estimate of drug-likeness (QED) is 0.854. The molecule has 1 N–H and O–H groups in total. The molecule has 0 aliphatic carbocycles. The van der Waals surface area contributed by atoms with Crippen molar-refractivity contribution in [1.29, 1.82) is 0 Å². The highest BCUT2D eigenvalue weighted by molar-refractivity contribution is 5.91. The van der Waals surface area contributed by atoms with E-state index in [9.17, 15) is 4.79 Å². The second kappa shape index (κ2) is 7.59. The summed E-state index contributed by atoms with van der Waals surface area (Å²) in [6.45, 7) is 7.22. The van der Waals surface area contributed by atoms with Gasteiger partial charge in [0.25, 0.3) is 0 Å². The van der Waals surface area contributed by atoms with Gasteiger partial charge in [-0.1, -0.05) is 0 Å². The maximum atomic E-state index is 12.3. The van der Waals surface area contributed by atoms with Gasteiger partial charge in [0.1, 0.15) is 5.82 Å². The molecule has 2 aromatic rings. The Labute approximate surface area is 141 Å². The third kappa shape index (κ3) is 4.21. The smallest absolute Gasteiger partial charge is 0.239 e. The van der Waals surface area contributed by atoms with Crippen molar-refractivity contribution in [3.63, 3.8) is 0 Å². The van der Waals surface area contributed by atoms with Crippen LogP contribution in [0.2, 0.25) is 0 Å². The molecule has 8 nitrogen and oxygen atoms in total. The summed E-state index contributed by atoms with van der Waals surface area (Å²) in [6.07, 6.45) is 5.42. The number of nitrogens with zero attached hydrogens (tertiary/aromatic N) is 5. The first-order valence-electron chi connectivity index (χ1n) is 8.26. The van der Waals surface area contributed by atoms with E-state index < -0.39 is 0 Å². The molecular weight excluding hydrogens is 308 g/mol. The monoisotopic (exact) mass is 332 g/mol. The van der Waals surface area contributed by atoms with E-state index in [4.69, 9.17) is 4.74 Å². The summed E-state index contributed by atoms with van der Waals surface area (Å²) in [7, 11) is 0. The van der Waals surface area contributed by atoms with Crippen LogP contribution in [-0.2, 0) is 16.1 Å². The molecule has 0 saturated carbocycles. The Morgan fingerprint density at radius 2 is 2.29 bits per heavy atom. The number of carbonyl (C=O) groups excluding carboxylic acids is 1. The molecule has 0 aromatic carbocycles. The van der Waals surface area contributed by atoms with Gasteiger partial charge in [-0.25, -0.2) is 4.68 Å². The first-order chi connectivity index (χ1) is 11.6. The predicted molar refractivity (Wildman–Crippen MR) is 89.6 cm³/mol. The van der Waals surface area contributed by atoms with Crippen LogP contribution in [0.5, 0.6) is 0 Å². The van der Waals surface area contributed by atoms with Gasteiger partial charge in [-0.2, -0.15) is 10.2 Å². The number of rotatable bonds is 6. The largest absolute Gasteiger partial charge is 0.374 e. The van der Waals surface area contributed by atoms with E-state index in [1.807, 2.05) is 36.9 Å². The van der Waals surface area contributed by atoms with Crippen LogP contribution in [0.15, 0.2) is 30.7 Å². The summed E-state index contributed by atoms with van der Waals surface area (Å²) in [6, 6.07) is 3.92. The lowest BCUT2D eigenvalue weighted by Gasteiger charge is -2.32. The second-order valence-corrected chi connectivity index (χ2v) is 6.26. The molecule has 1 fully saturated rings. The van der Waals surface area contributed by atoms with E-state index in [0.717, 1.165) is 18.9 Å². The number of hydrogen-bond acceptors (Lipinski definition) is 5. The minimum Gasteiger partial charge on any atom is -0.374 e. The van der Waals surface area contributed by atoms with Crippen molar-refractivity contribution in [2.24, 2.45) is 0 Å². The van der Waals surface area contributed by atoms with Crippen molar-refractivity contribution < 1.29 is 9.53 Å². The molecule has 1 atom stereocenters. The molecule has 3 heterocycles. The number of amides is 1. The average molecular weight is 332 g/mol. The second-order valence-electron chi connectivity index (χ2n) is 6.26. The van der Waals surface area contributed by atoms with Crippen LogP contribution in [-0.4, -0.2) is 62.7 Å². The molecule has 0 radical (unpaired) electrons. The van der Waals surface area contributed by atoms with Gasteiger partial charge in [-0.05, 0) is 19.9 Å². The molecule has 1 aliphatic heterocycles. The van der Waals surface area contributed by atoms with Crippen molar-refractivity contribution in [1.82, 2.24) is 24.5 Å². The van der Waals surface area contributed by atoms with E-state index in [2.05, 4.69) is 20.4 Å². The number of morpholine rings is 1. The zero-order valence-electron chi connectivity index (χ0n) is 14.1. The minimum atomic E-state index is -0.0304. The first-order valence-corrected chi connectivity index (χ1v) is 8.26. The predicted octanol–water partition coefficient (Wildman–Crippen LogP) is 1.000. The average Bonchev–Trinajstić information content (AvgIpc) is 3.19. The molecule has 1 amide bonds. The zero-order valence-corrected chi connectivity index (χ0v) is 14.1. The molecule has 8 heteroatoms. The number of anilines is 1. The highest BCUT2D eigenvalue weighted by Crippen LogP contribution is 2.13. The van der Waals surface area contributed by atoms with Crippen LogP contribution in [0, 0.1) is 0 Å². The van der Waals surface area contributed by atoms with Crippen molar-refractivity contribution >= 4 is 11.7 Å². The Kier molecular flexibility index (Phi) is 5.27. The third-order valence-corrected chi connectivity index (χ3v) is 3.97. The standard InChI is InChI=1S/C16H24N6O2/c1-13(2)22-15(4-6-18-22)19-16(23)12-20-8-9-24-14(10-20)11-21-7-3-5-17-21/h3-7,13-14H,8-12H2,1-2H3,(H,19,23). The van der Waals surface area contributed by atoms with Crippen LogP contribution >= 0.6 is 0 Å². The van der Waals surface area contributed by atoms with Gasteiger partial charge in [0.15, 0.2) is 0 Å². The molecule has 1 aliphatic rings. The first kappa shape index (κ1) is 16.7. The van der Waals surface area contributed by atoms with Crippen LogP contribution in [0.3, 0.4) is 0 Å². The van der Waals surface area contributed by atoms with Gasteiger partial charge in [0.05, 0.1) is 32.0 Å². The lowest BCUT2D eigenvalue weighted by Crippen LogP contribution is -2.47. The van der Waals surface area contributed by atoms with Crippen molar-refractivity contribution in [3.05, 3.63) is 30.7 Å². The SMILES string of the molecule is CC(C)n1nccc1NC(=O)CN1CCOC(Cn2cccn2)C1. The molecule has 1 unspecified atom stereocenters. The summed E-state index contributed by atoms with van der Waals surface area (Å²) < 4.78 is 9.43. The Morgan fingerprint density at radius 1 is 1.42 bits per heavy atom. The Morgan fingerprint density at radius 3 is 3.04 bits per heavy atom. The fourth-order valence-electron chi connectivity index (χ4n) is 2.86. The minimum absolute atomic E-state index is 0.0304. The fraction of sp³-hybridized carbons (Fsp3) is 0.562. The molecule has 24 heavy (non-hydrogen) atoms. The van der Waals surface area contributed by atoms with Crippen molar-refractivity contribution in [2.75, 3.05) is 31.6 Å². The number of ether oxygens (including phenoxy) is 1. The van der Waals surface area contributed by atoms with Crippen LogP contribution < -0.4 is 5.32 Å². The summed E-state index contributed by atoms with van der Waals surface area (Å²) in [5.74, 6) is 0.702. The molecule has 0 spiro atoms. The maximum Gasteiger partial charge on any atom is 0.239 e. The molecular formula is C16H24N6O2. The topological polar surface area (TPSA) is 77.2 Å². The Hall–Kier alpha value is -2.19. The Bertz CT molecular complexity index is 651. The lowest BCUT2D eigenvalue weighted by molar-refractivity contribution is -0.119. The van der Waals surface area contributed by atoms with E-state index in [1.54, 1.807) is 17.1 Å². The lowest BCUT2D eigenvalue weighted by atomic mass is 10.2. The van der Waals surface area contributed by atoms with E-state index in [0.29, 0.717) is 19.7 Å². The number of aromatic nitrogens is 4. The van der Waals surface area contributed by atoms with E-state index >= 15 is 0 Å².